The van der Waals surface area contributed by atoms with Crippen LogP contribution in [-0.4, -0.2) is 29.4 Å². The van der Waals surface area contributed by atoms with E-state index in [4.69, 9.17) is 15.4 Å². The van der Waals surface area contributed by atoms with Gasteiger partial charge in [-0.15, -0.1) is 0 Å². The molecule has 0 fully saturated rings. The van der Waals surface area contributed by atoms with Crippen LogP contribution in [0.25, 0.3) is 11.1 Å². The van der Waals surface area contributed by atoms with Gasteiger partial charge >= 0.3 is 0 Å². The Morgan fingerprint density at radius 3 is 2.71 bits per heavy atom. The summed E-state index contributed by atoms with van der Waals surface area (Å²) in [5, 5.41) is 15.6. The highest BCUT2D eigenvalue weighted by Gasteiger charge is 2.12. The number of hydrogen-bond donors (Lipinski definition) is 3. The normalized spacial score (nSPS) is 12.8. The number of nitrogens with two attached hydrogens (primary N) is 1. The van der Waals surface area contributed by atoms with Crippen molar-refractivity contribution in [3.8, 4) is 11.1 Å². The number of guanidine groups is 1. The molecule has 0 aliphatic carbocycles. The summed E-state index contributed by atoms with van der Waals surface area (Å²) in [6.07, 6.45) is 0.678. The monoisotopic (exact) mass is 382 g/mol. The molecule has 1 unspecified atom stereocenters. The predicted molar refractivity (Wildman–Crippen MR) is 108 cm³/mol. The van der Waals surface area contributed by atoms with Gasteiger partial charge < -0.3 is 15.4 Å². The fourth-order valence-electron chi connectivity index (χ4n) is 2.92. The van der Waals surface area contributed by atoms with Gasteiger partial charge in [0.05, 0.1) is 18.8 Å². The summed E-state index contributed by atoms with van der Waals surface area (Å²) in [7, 11) is 0. The SMILES string of the molecule is CC(Cc1cc(NC(N)=NCCO)on1)c1ccc(-c2ccccc2F)cc1. The number of halogens is 1. The number of nitrogens with one attached hydrogen (secondary N) is 1. The first-order valence-corrected chi connectivity index (χ1v) is 9.05. The van der Waals surface area contributed by atoms with Gasteiger partial charge in [0.2, 0.25) is 5.88 Å². The lowest BCUT2D eigenvalue weighted by Crippen LogP contribution is -2.22. The Labute approximate surface area is 162 Å². The van der Waals surface area contributed by atoms with Crippen LogP contribution in [0, 0.1) is 5.82 Å². The minimum absolute atomic E-state index is 0.0722. The molecule has 3 rings (SSSR count). The van der Waals surface area contributed by atoms with E-state index in [1.54, 1.807) is 18.2 Å². The summed E-state index contributed by atoms with van der Waals surface area (Å²) >= 11 is 0. The summed E-state index contributed by atoms with van der Waals surface area (Å²) in [6.45, 7) is 2.24. The third kappa shape index (κ3) is 4.95. The number of aliphatic hydroxyl groups excluding tert-OH is 1. The molecule has 0 aliphatic heterocycles. The number of rotatable bonds is 7. The molecule has 7 heteroatoms. The van der Waals surface area contributed by atoms with Crippen LogP contribution in [0.15, 0.2) is 64.1 Å². The van der Waals surface area contributed by atoms with Gasteiger partial charge in [0.25, 0.3) is 0 Å². The van der Waals surface area contributed by atoms with Gasteiger partial charge in [-0.3, -0.25) is 10.3 Å². The second-order valence-electron chi connectivity index (χ2n) is 6.51. The Hall–Kier alpha value is -3.19. The van der Waals surface area contributed by atoms with Crippen molar-refractivity contribution in [2.24, 2.45) is 10.7 Å². The fraction of sp³-hybridized carbons (Fsp3) is 0.238. The molecular weight excluding hydrogens is 359 g/mol. The molecule has 3 aromatic rings. The predicted octanol–water partition coefficient (Wildman–Crippen LogP) is 3.55. The van der Waals surface area contributed by atoms with Crippen molar-refractivity contribution in [3.05, 3.63) is 71.7 Å². The average Bonchev–Trinajstić information content (AvgIpc) is 3.13. The molecule has 2 aromatic carbocycles. The van der Waals surface area contributed by atoms with Gasteiger partial charge in [-0.05, 0) is 29.5 Å². The molecule has 4 N–H and O–H groups in total. The van der Waals surface area contributed by atoms with E-state index in [0.29, 0.717) is 17.9 Å². The van der Waals surface area contributed by atoms with Crippen LogP contribution in [0.4, 0.5) is 10.3 Å². The quantitative estimate of drug-likeness (QED) is 0.429. The minimum atomic E-state index is -0.229. The summed E-state index contributed by atoms with van der Waals surface area (Å²) in [4.78, 5) is 3.91. The van der Waals surface area contributed by atoms with Crippen LogP contribution in [-0.2, 0) is 6.42 Å². The van der Waals surface area contributed by atoms with E-state index < -0.39 is 0 Å². The van der Waals surface area contributed by atoms with Crippen molar-refractivity contribution in [3.63, 3.8) is 0 Å². The van der Waals surface area contributed by atoms with Crippen LogP contribution in [0.1, 0.15) is 24.1 Å². The van der Waals surface area contributed by atoms with Gasteiger partial charge in [0, 0.05) is 11.6 Å². The van der Waals surface area contributed by atoms with E-state index in [-0.39, 0.29) is 30.8 Å². The maximum atomic E-state index is 13.9. The molecule has 6 nitrogen and oxygen atoms in total. The number of aliphatic hydroxyl groups is 1. The molecule has 1 atom stereocenters. The van der Waals surface area contributed by atoms with Crippen LogP contribution < -0.4 is 11.1 Å². The van der Waals surface area contributed by atoms with Gasteiger partial charge in [0.15, 0.2) is 5.96 Å². The standard InChI is InChI=1S/C21H23FN4O2/c1-14(12-17-13-20(28-26-17)25-21(23)24-10-11-27)15-6-8-16(9-7-15)18-4-2-3-5-19(18)22/h2-9,13-14,27H,10-12H2,1H3,(H3,23,24,25). The topological polar surface area (TPSA) is 96.7 Å². The molecule has 0 saturated heterocycles. The van der Waals surface area contributed by atoms with Crippen LogP contribution in [0.3, 0.4) is 0 Å². The minimum Gasteiger partial charge on any atom is -0.394 e. The molecule has 0 bridgehead atoms. The van der Waals surface area contributed by atoms with Crippen molar-refractivity contribution in [1.82, 2.24) is 5.16 Å². The number of nitrogens with zero attached hydrogens (tertiary/aromatic N) is 2. The number of aliphatic imine (C=N–C) groups is 1. The molecule has 0 amide bonds. The summed E-state index contributed by atoms with van der Waals surface area (Å²) in [5.74, 6) is 0.533. The van der Waals surface area contributed by atoms with Crippen molar-refractivity contribution < 1.29 is 14.0 Å². The highest BCUT2D eigenvalue weighted by molar-refractivity contribution is 5.90. The van der Waals surface area contributed by atoms with Crippen LogP contribution in [0.5, 0.6) is 0 Å². The Kier molecular flexibility index (Phi) is 6.39. The molecule has 0 radical (unpaired) electrons. The van der Waals surface area contributed by atoms with Crippen molar-refractivity contribution in [2.75, 3.05) is 18.5 Å². The third-order valence-corrected chi connectivity index (χ3v) is 4.37. The first-order valence-electron chi connectivity index (χ1n) is 9.05. The van der Waals surface area contributed by atoms with Crippen LogP contribution in [0.2, 0.25) is 0 Å². The molecule has 1 heterocycles. The van der Waals surface area contributed by atoms with Crippen molar-refractivity contribution in [2.45, 2.75) is 19.3 Å². The zero-order valence-electron chi connectivity index (χ0n) is 15.6. The number of hydrogen-bond acceptors (Lipinski definition) is 4. The molecule has 0 saturated carbocycles. The fourth-order valence-corrected chi connectivity index (χ4v) is 2.92. The average molecular weight is 382 g/mol. The second-order valence-corrected chi connectivity index (χ2v) is 6.51. The van der Waals surface area contributed by atoms with Gasteiger partial charge in [-0.1, -0.05) is 54.5 Å². The Bertz CT molecular complexity index is 938. The first kappa shape index (κ1) is 19.6. The molecule has 146 valence electrons. The van der Waals surface area contributed by atoms with E-state index in [1.165, 1.54) is 6.07 Å². The van der Waals surface area contributed by atoms with Crippen molar-refractivity contribution in [1.29, 1.82) is 0 Å². The number of aromatic nitrogens is 1. The third-order valence-electron chi connectivity index (χ3n) is 4.37. The van der Waals surface area contributed by atoms with Crippen LogP contribution >= 0.6 is 0 Å². The maximum absolute atomic E-state index is 13.9. The van der Waals surface area contributed by atoms with Crippen molar-refractivity contribution >= 4 is 11.8 Å². The largest absolute Gasteiger partial charge is 0.394 e. The molecule has 28 heavy (non-hydrogen) atoms. The van der Waals surface area contributed by atoms with Gasteiger partial charge in [0.1, 0.15) is 5.82 Å². The summed E-state index contributed by atoms with van der Waals surface area (Å²) in [6, 6.07) is 16.4. The molecular formula is C21H23FN4O2. The number of benzene rings is 2. The molecule has 0 aliphatic rings. The zero-order valence-corrected chi connectivity index (χ0v) is 15.6. The Balaban J connectivity index is 1.64. The lowest BCUT2D eigenvalue weighted by atomic mass is 9.94. The van der Waals surface area contributed by atoms with Gasteiger partial charge in [-0.25, -0.2) is 4.39 Å². The summed E-state index contributed by atoms with van der Waals surface area (Å²) in [5.41, 5.74) is 9.03. The van der Waals surface area contributed by atoms with E-state index in [1.807, 2.05) is 30.3 Å². The molecule has 1 aromatic heterocycles. The molecule has 0 spiro atoms. The van der Waals surface area contributed by atoms with E-state index in [9.17, 15) is 4.39 Å². The first-order chi connectivity index (χ1) is 13.6. The zero-order chi connectivity index (χ0) is 19.9. The second kappa shape index (κ2) is 9.14. The number of anilines is 1. The lowest BCUT2D eigenvalue weighted by molar-refractivity contribution is 0.307. The van der Waals surface area contributed by atoms with Gasteiger partial charge in [-0.2, -0.15) is 0 Å². The Morgan fingerprint density at radius 1 is 1.25 bits per heavy atom. The lowest BCUT2D eigenvalue weighted by Gasteiger charge is -2.11. The summed E-state index contributed by atoms with van der Waals surface area (Å²) < 4.78 is 19.1. The van der Waals surface area contributed by atoms with E-state index >= 15 is 0 Å². The smallest absolute Gasteiger partial charge is 0.231 e. The highest BCUT2D eigenvalue weighted by Crippen LogP contribution is 2.26. The maximum Gasteiger partial charge on any atom is 0.231 e. The highest BCUT2D eigenvalue weighted by atomic mass is 19.1. The Morgan fingerprint density at radius 2 is 2.00 bits per heavy atom. The van der Waals surface area contributed by atoms with E-state index in [0.717, 1.165) is 16.8 Å². The van der Waals surface area contributed by atoms with E-state index in [2.05, 4.69) is 22.4 Å².